The summed E-state index contributed by atoms with van der Waals surface area (Å²) in [5, 5.41) is 9.56. The number of alkyl halides is 3. The van der Waals surface area contributed by atoms with Gasteiger partial charge in [-0.2, -0.15) is 18.3 Å². The Morgan fingerprint density at radius 3 is 2.90 bits per heavy atom. The van der Waals surface area contributed by atoms with Gasteiger partial charge in [-0.3, -0.25) is 14.7 Å². The van der Waals surface area contributed by atoms with Crippen LogP contribution in [0.15, 0.2) is 30.3 Å². The van der Waals surface area contributed by atoms with Crippen molar-refractivity contribution in [1.82, 2.24) is 20.4 Å². The number of halogens is 3. The first-order valence-corrected chi connectivity index (χ1v) is 9.70. The van der Waals surface area contributed by atoms with Crippen LogP contribution in [0, 0.1) is 0 Å². The smallest absolute Gasteiger partial charge is 0.416 e. The van der Waals surface area contributed by atoms with Crippen molar-refractivity contribution in [3.8, 4) is 5.75 Å². The molecule has 0 unspecified atom stereocenters. The monoisotopic (exact) mass is 440 g/mol. The molecule has 1 aliphatic rings. The van der Waals surface area contributed by atoms with Crippen molar-refractivity contribution < 1.29 is 32.2 Å². The van der Waals surface area contributed by atoms with Gasteiger partial charge in [0.1, 0.15) is 11.9 Å². The van der Waals surface area contributed by atoms with E-state index in [-0.39, 0.29) is 30.7 Å². The molecule has 0 spiro atoms. The van der Waals surface area contributed by atoms with E-state index in [1.807, 2.05) is 0 Å². The molecule has 2 N–H and O–H groups in total. The Morgan fingerprint density at radius 1 is 1.35 bits per heavy atom. The molecule has 3 rings (SSSR count). The van der Waals surface area contributed by atoms with Gasteiger partial charge in [0.05, 0.1) is 37.6 Å². The highest BCUT2D eigenvalue weighted by Crippen LogP contribution is 2.31. The van der Waals surface area contributed by atoms with Gasteiger partial charge in [0.2, 0.25) is 11.8 Å². The summed E-state index contributed by atoms with van der Waals surface area (Å²) in [6.07, 6.45) is -4.43. The molecular formula is C20H23F3N4O4. The Labute approximate surface area is 176 Å². The number of rotatable bonds is 7. The molecule has 8 nitrogen and oxygen atoms in total. The van der Waals surface area contributed by atoms with Crippen molar-refractivity contribution in [3.05, 3.63) is 47.3 Å². The lowest BCUT2D eigenvalue weighted by molar-refractivity contribution is -0.139. The van der Waals surface area contributed by atoms with Gasteiger partial charge in [-0.25, -0.2) is 0 Å². The number of hydrogen-bond donors (Lipinski definition) is 2. The Hall–Kier alpha value is -3.08. The fourth-order valence-corrected chi connectivity index (χ4v) is 3.08. The number of ether oxygens (including phenoxy) is 2. The second-order valence-corrected chi connectivity index (χ2v) is 7.05. The van der Waals surface area contributed by atoms with Crippen LogP contribution in [0.1, 0.15) is 30.0 Å². The second kappa shape index (κ2) is 9.82. The maximum Gasteiger partial charge on any atom is 0.416 e. The maximum absolute atomic E-state index is 12.8. The average molecular weight is 440 g/mol. The Balaban J connectivity index is 1.51. The van der Waals surface area contributed by atoms with Crippen LogP contribution in [-0.4, -0.2) is 59.8 Å². The fraction of sp³-hybridized carbons (Fsp3) is 0.450. The Kier molecular flexibility index (Phi) is 7.16. The summed E-state index contributed by atoms with van der Waals surface area (Å²) >= 11 is 0. The molecular weight excluding hydrogens is 417 g/mol. The molecule has 31 heavy (non-hydrogen) atoms. The van der Waals surface area contributed by atoms with Crippen LogP contribution in [0.3, 0.4) is 0 Å². The van der Waals surface area contributed by atoms with E-state index in [9.17, 15) is 22.8 Å². The topological polar surface area (TPSA) is 96.5 Å². The van der Waals surface area contributed by atoms with E-state index in [0.29, 0.717) is 31.8 Å². The quantitative estimate of drug-likeness (QED) is 0.687. The van der Waals surface area contributed by atoms with E-state index in [1.54, 1.807) is 11.0 Å². The molecule has 168 valence electrons. The molecule has 1 aromatic carbocycles. The van der Waals surface area contributed by atoms with Gasteiger partial charge in [-0.15, -0.1) is 0 Å². The van der Waals surface area contributed by atoms with Crippen LogP contribution in [0.2, 0.25) is 0 Å². The van der Waals surface area contributed by atoms with Crippen LogP contribution < -0.4 is 10.1 Å². The zero-order valence-electron chi connectivity index (χ0n) is 16.9. The molecule has 1 aromatic heterocycles. The standard InChI is InChI=1S/C20H23F3N4O4/c1-13(28)24-11-19(29)27-6-8-31-18(12-27)17-10-15(25-26-17)5-7-30-16-4-2-3-14(9-16)20(21,22)23/h2-4,9-10,18H,5-8,11-12H2,1H3,(H,24,28)(H,25,26)/t18-/m0/s1. The molecule has 11 heteroatoms. The van der Waals surface area contributed by atoms with Gasteiger partial charge >= 0.3 is 6.18 Å². The highest BCUT2D eigenvalue weighted by Gasteiger charge is 2.30. The highest BCUT2D eigenvalue weighted by atomic mass is 19.4. The number of benzene rings is 1. The van der Waals surface area contributed by atoms with Gasteiger partial charge in [-0.05, 0) is 24.3 Å². The largest absolute Gasteiger partial charge is 0.493 e. The number of H-pyrrole nitrogens is 1. The summed E-state index contributed by atoms with van der Waals surface area (Å²) in [7, 11) is 0. The number of morpholine rings is 1. The van der Waals surface area contributed by atoms with Gasteiger partial charge < -0.3 is 19.7 Å². The van der Waals surface area contributed by atoms with E-state index in [0.717, 1.165) is 17.8 Å². The summed E-state index contributed by atoms with van der Waals surface area (Å²) in [4.78, 5) is 24.8. The first-order chi connectivity index (χ1) is 14.7. The SMILES string of the molecule is CC(=O)NCC(=O)N1CCO[C@H](c2cc(CCOc3cccc(C(F)(F)F)c3)[nH]n2)C1. The number of aromatic nitrogens is 2. The van der Waals surface area contributed by atoms with E-state index >= 15 is 0 Å². The fourth-order valence-electron chi connectivity index (χ4n) is 3.08. The number of carbonyl (C=O) groups is 2. The highest BCUT2D eigenvalue weighted by molar-refractivity contribution is 5.83. The van der Waals surface area contributed by atoms with Gasteiger partial charge in [0.25, 0.3) is 0 Å². The zero-order valence-corrected chi connectivity index (χ0v) is 16.9. The minimum absolute atomic E-state index is 0.0687. The van der Waals surface area contributed by atoms with E-state index in [1.165, 1.54) is 19.1 Å². The van der Waals surface area contributed by atoms with Crippen LogP contribution in [-0.2, 0) is 26.9 Å². The van der Waals surface area contributed by atoms with Crippen LogP contribution in [0.25, 0.3) is 0 Å². The third-order valence-electron chi connectivity index (χ3n) is 4.69. The van der Waals surface area contributed by atoms with Crippen LogP contribution in [0.5, 0.6) is 5.75 Å². The third kappa shape index (κ3) is 6.45. The van der Waals surface area contributed by atoms with Crippen molar-refractivity contribution in [2.24, 2.45) is 0 Å². The predicted octanol–water partition coefficient (Wildman–Crippen LogP) is 2.09. The molecule has 1 fully saturated rings. The van der Waals surface area contributed by atoms with Crippen LogP contribution >= 0.6 is 0 Å². The van der Waals surface area contributed by atoms with E-state index in [2.05, 4.69) is 15.5 Å². The van der Waals surface area contributed by atoms with E-state index in [4.69, 9.17) is 9.47 Å². The van der Waals surface area contributed by atoms with Crippen molar-refractivity contribution in [2.75, 3.05) is 32.8 Å². The minimum Gasteiger partial charge on any atom is -0.493 e. The van der Waals surface area contributed by atoms with Crippen molar-refractivity contribution in [2.45, 2.75) is 25.6 Å². The van der Waals surface area contributed by atoms with Gasteiger partial charge in [-0.1, -0.05) is 6.07 Å². The number of aromatic amines is 1. The van der Waals surface area contributed by atoms with Crippen LogP contribution in [0.4, 0.5) is 13.2 Å². The lowest BCUT2D eigenvalue weighted by Crippen LogP contribution is -2.46. The van der Waals surface area contributed by atoms with E-state index < -0.39 is 17.8 Å². The zero-order chi connectivity index (χ0) is 22.4. The number of amides is 2. The molecule has 0 saturated carbocycles. The third-order valence-corrected chi connectivity index (χ3v) is 4.69. The molecule has 2 heterocycles. The minimum atomic E-state index is -4.42. The molecule has 1 aliphatic heterocycles. The lowest BCUT2D eigenvalue weighted by Gasteiger charge is -2.32. The Bertz CT molecular complexity index is 916. The van der Waals surface area contributed by atoms with Crippen molar-refractivity contribution in [1.29, 1.82) is 0 Å². The molecule has 0 bridgehead atoms. The van der Waals surface area contributed by atoms with Crippen molar-refractivity contribution in [3.63, 3.8) is 0 Å². The average Bonchev–Trinajstić information content (AvgIpc) is 3.21. The number of carbonyl (C=O) groups excluding carboxylic acids is 2. The first-order valence-electron chi connectivity index (χ1n) is 9.70. The molecule has 2 amide bonds. The summed E-state index contributed by atoms with van der Waals surface area (Å²) in [6.45, 7) is 2.52. The predicted molar refractivity (Wildman–Crippen MR) is 103 cm³/mol. The first kappa shape index (κ1) is 22.6. The second-order valence-electron chi connectivity index (χ2n) is 7.05. The molecule has 0 aliphatic carbocycles. The molecule has 1 saturated heterocycles. The van der Waals surface area contributed by atoms with Gasteiger partial charge in [0.15, 0.2) is 0 Å². The normalized spacial score (nSPS) is 16.8. The maximum atomic E-state index is 12.8. The summed E-state index contributed by atoms with van der Waals surface area (Å²) in [6, 6.07) is 6.49. The number of hydrogen-bond acceptors (Lipinski definition) is 5. The summed E-state index contributed by atoms with van der Waals surface area (Å²) in [5.74, 6) is -0.338. The molecule has 0 radical (unpaired) electrons. The molecule has 1 atom stereocenters. The van der Waals surface area contributed by atoms with Crippen molar-refractivity contribution >= 4 is 11.8 Å². The number of nitrogens with zero attached hydrogens (tertiary/aromatic N) is 2. The number of nitrogens with one attached hydrogen (secondary N) is 2. The Morgan fingerprint density at radius 2 is 2.16 bits per heavy atom. The summed E-state index contributed by atoms with van der Waals surface area (Å²) < 4.78 is 49.4. The molecule has 2 aromatic rings. The summed E-state index contributed by atoms with van der Waals surface area (Å²) in [5.41, 5.74) is 0.583. The van der Waals surface area contributed by atoms with Gasteiger partial charge in [0, 0.05) is 25.6 Å². The lowest BCUT2D eigenvalue weighted by atomic mass is 10.2.